The highest BCUT2D eigenvalue weighted by Crippen LogP contribution is 2.20. The molecule has 5 heteroatoms. The van der Waals surface area contributed by atoms with Gasteiger partial charge in [-0.15, -0.1) is 11.3 Å². The van der Waals surface area contributed by atoms with Gasteiger partial charge in [-0.3, -0.25) is 4.79 Å². The molecule has 3 aromatic rings. The molecule has 3 rings (SSSR count). The van der Waals surface area contributed by atoms with Crippen molar-refractivity contribution >= 4 is 27.3 Å². The Morgan fingerprint density at radius 3 is 2.83 bits per heavy atom. The number of rotatable bonds is 6. The molecular weight excluding hydrogens is 386 g/mol. The highest BCUT2D eigenvalue weighted by atomic mass is 79.9. The van der Waals surface area contributed by atoms with Crippen molar-refractivity contribution in [3.63, 3.8) is 0 Å². The first-order valence-corrected chi connectivity index (χ1v) is 9.40. The molecular formula is C19H18BrNO2S. The minimum absolute atomic E-state index is 0.0528. The summed E-state index contributed by atoms with van der Waals surface area (Å²) in [5.41, 5.74) is 2.22. The zero-order valence-electron chi connectivity index (χ0n) is 13.4. The molecule has 2 heterocycles. The van der Waals surface area contributed by atoms with E-state index in [2.05, 4.69) is 27.4 Å². The standard InChI is InChI=1S/C19H18BrNO2S/c1-14-15(4-2-6-18(14)20)13-21-9-7-16(12-19(21)22)23-10-8-17-5-3-11-24-17/h2-7,9,11-12H,8,10,13H2,1H3. The number of hydrogen-bond donors (Lipinski definition) is 0. The smallest absolute Gasteiger partial charge is 0.254 e. The van der Waals surface area contributed by atoms with Gasteiger partial charge in [0.05, 0.1) is 13.2 Å². The molecule has 2 aromatic heterocycles. The average Bonchev–Trinajstić information content (AvgIpc) is 3.07. The minimum atomic E-state index is -0.0528. The van der Waals surface area contributed by atoms with E-state index in [9.17, 15) is 4.79 Å². The number of aromatic nitrogens is 1. The molecule has 0 aliphatic heterocycles. The van der Waals surface area contributed by atoms with Gasteiger partial charge in [-0.2, -0.15) is 0 Å². The van der Waals surface area contributed by atoms with Gasteiger partial charge in [0, 0.05) is 28.0 Å². The van der Waals surface area contributed by atoms with Crippen molar-refractivity contribution in [2.75, 3.05) is 6.61 Å². The summed E-state index contributed by atoms with van der Waals surface area (Å²) in [6.45, 7) is 3.18. The summed E-state index contributed by atoms with van der Waals surface area (Å²) in [7, 11) is 0. The molecule has 0 spiro atoms. The summed E-state index contributed by atoms with van der Waals surface area (Å²) in [6, 6.07) is 13.6. The third kappa shape index (κ3) is 4.16. The van der Waals surface area contributed by atoms with E-state index in [0.29, 0.717) is 18.9 Å². The number of ether oxygens (including phenoxy) is 1. The summed E-state index contributed by atoms with van der Waals surface area (Å²) >= 11 is 5.25. The number of pyridine rings is 1. The summed E-state index contributed by atoms with van der Waals surface area (Å²) in [6.07, 6.45) is 2.65. The quantitative estimate of drug-likeness (QED) is 0.599. The molecule has 0 amide bonds. The van der Waals surface area contributed by atoms with Crippen molar-refractivity contribution < 1.29 is 4.74 Å². The van der Waals surface area contributed by atoms with Crippen LogP contribution in [0, 0.1) is 6.92 Å². The predicted octanol–water partition coefficient (Wildman–Crippen LogP) is 4.65. The molecule has 0 bridgehead atoms. The number of hydrogen-bond acceptors (Lipinski definition) is 3. The fourth-order valence-corrected chi connectivity index (χ4v) is 3.54. The van der Waals surface area contributed by atoms with E-state index in [0.717, 1.165) is 22.0 Å². The SMILES string of the molecule is Cc1c(Br)cccc1Cn1ccc(OCCc2cccs2)cc1=O. The minimum Gasteiger partial charge on any atom is -0.493 e. The highest BCUT2D eigenvalue weighted by Gasteiger charge is 2.05. The largest absolute Gasteiger partial charge is 0.493 e. The Kier molecular flexibility index (Phi) is 5.53. The van der Waals surface area contributed by atoms with Gasteiger partial charge in [-0.05, 0) is 41.6 Å². The Bertz CT molecular complexity index is 871. The lowest BCUT2D eigenvalue weighted by molar-refractivity contribution is 0.321. The van der Waals surface area contributed by atoms with E-state index >= 15 is 0 Å². The van der Waals surface area contributed by atoms with Crippen molar-refractivity contribution in [3.8, 4) is 5.75 Å². The van der Waals surface area contributed by atoms with Gasteiger partial charge in [0.2, 0.25) is 0 Å². The van der Waals surface area contributed by atoms with Crippen molar-refractivity contribution in [1.82, 2.24) is 4.57 Å². The second-order valence-corrected chi connectivity index (χ2v) is 7.42. The van der Waals surface area contributed by atoms with Crippen LogP contribution in [0.25, 0.3) is 0 Å². The van der Waals surface area contributed by atoms with Crippen LogP contribution in [-0.4, -0.2) is 11.2 Å². The maximum absolute atomic E-state index is 12.3. The molecule has 0 unspecified atom stereocenters. The van der Waals surface area contributed by atoms with Crippen LogP contribution in [0.2, 0.25) is 0 Å². The molecule has 3 nitrogen and oxygen atoms in total. The molecule has 0 aliphatic rings. The Labute approximate surface area is 153 Å². The van der Waals surface area contributed by atoms with Crippen LogP contribution in [0.3, 0.4) is 0 Å². The van der Waals surface area contributed by atoms with Crippen molar-refractivity contribution in [1.29, 1.82) is 0 Å². The van der Waals surface area contributed by atoms with Crippen molar-refractivity contribution in [2.45, 2.75) is 19.9 Å². The first kappa shape index (κ1) is 17.0. The third-order valence-electron chi connectivity index (χ3n) is 3.89. The molecule has 0 saturated carbocycles. The topological polar surface area (TPSA) is 31.2 Å². The van der Waals surface area contributed by atoms with Crippen LogP contribution < -0.4 is 10.3 Å². The van der Waals surface area contributed by atoms with Crippen LogP contribution >= 0.6 is 27.3 Å². The Hall–Kier alpha value is -1.85. The summed E-state index contributed by atoms with van der Waals surface area (Å²) in [5.74, 6) is 0.624. The molecule has 0 atom stereocenters. The summed E-state index contributed by atoms with van der Waals surface area (Å²) < 4.78 is 8.45. The lowest BCUT2D eigenvalue weighted by atomic mass is 10.1. The summed E-state index contributed by atoms with van der Waals surface area (Å²) in [5, 5.41) is 2.06. The second-order valence-electron chi connectivity index (χ2n) is 5.53. The summed E-state index contributed by atoms with van der Waals surface area (Å²) in [4.78, 5) is 13.6. The van der Waals surface area contributed by atoms with Gasteiger partial charge in [-0.1, -0.05) is 34.1 Å². The van der Waals surface area contributed by atoms with Gasteiger partial charge < -0.3 is 9.30 Å². The third-order valence-corrected chi connectivity index (χ3v) is 5.68. The van der Waals surface area contributed by atoms with Gasteiger partial charge in [0.15, 0.2) is 0 Å². The molecule has 124 valence electrons. The maximum atomic E-state index is 12.3. The van der Waals surface area contributed by atoms with Gasteiger partial charge >= 0.3 is 0 Å². The van der Waals surface area contributed by atoms with Gasteiger partial charge in [0.1, 0.15) is 5.75 Å². The fraction of sp³-hybridized carbons (Fsp3) is 0.211. The monoisotopic (exact) mass is 403 g/mol. The lowest BCUT2D eigenvalue weighted by Gasteiger charge is -2.11. The Balaban J connectivity index is 1.66. The molecule has 0 aliphatic carbocycles. The van der Waals surface area contributed by atoms with Crippen LogP contribution in [0.1, 0.15) is 16.0 Å². The average molecular weight is 404 g/mol. The number of benzene rings is 1. The molecule has 0 fully saturated rings. The normalized spacial score (nSPS) is 10.8. The zero-order valence-corrected chi connectivity index (χ0v) is 15.8. The van der Waals surface area contributed by atoms with Crippen LogP contribution in [0.5, 0.6) is 5.75 Å². The Morgan fingerprint density at radius 1 is 1.21 bits per heavy atom. The maximum Gasteiger partial charge on any atom is 0.254 e. The lowest BCUT2D eigenvalue weighted by Crippen LogP contribution is -2.20. The number of halogens is 1. The molecule has 0 radical (unpaired) electrons. The van der Waals surface area contributed by atoms with Crippen LogP contribution in [0.15, 0.2) is 63.3 Å². The first-order valence-electron chi connectivity index (χ1n) is 7.73. The van der Waals surface area contributed by atoms with E-state index in [1.54, 1.807) is 28.2 Å². The molecule has 0 saturated heterocycles. The molecule has 0 N–H and O–H groups in total. The first-order chi connectivity index (χ1) is 11.6. The highest BCUT2D eigenvalue weighted by molar-refractivity contribution is 9.10. The van der Waals surface area contributed by atoms with E-state index in [-0.39, 0.29) is 5.56 Å². The fourth-order valence-electron chi connectivity index (χ4n) is 2.44. The van der Waals surface area contributed by atoms with Gasteiger partial charge in [-0.25, -0.2) is 0 Å². The molecule has 24 heavy (non-hydrogen) atoms. The number of thiophene rings is 1. The molecule has 1 aromatic carbocycles. The predicted molar refractivity (Wildman–Crippen MR) is 102 cm³/mol. The van der Waals surface area contributed by atoms with Crippen molar-refractivity contribution in [2.24, 2.45) is 0 Å². The Morgan fingerprint density at radius 2 is 2.08 bits per heavy atom. The van der Waals surface area contributed by atoms with Crippen molar-refractivity contribution in [3.05, 3.63) is 84.9 Å². The zero-order chi connectivity index (χ0) is 16.9. The number of nitrogens with zero attached hydrogens (tertiary/aromatic N) is 1. The van der Waals surface area contributed by atoms with E-state index in [1.807, 2.05) is 37.3 Å². The van der Waals surface area contributed by atoms with E-state index in [4.69, 9.17) is 4.74 Å². The second kappa shape index (κ2) is 7.81. The van der Waals surface area contributed by atoms with Crippen LogP contribution in [-0.2, 0) is 13.0 Å². The van der Waals surface area contributed by atoms with E-state index in [1.165, 1.54) is 4.88 Å². The van der Waals surface area contributed by atoms with Gasteiger partial charge in [0.25, 0.3) is 5.56 Å². The van der Waals surface area contributed by atoms with Crippen LogP contribution in [0.4, 0.5) is 0 Å². The van der Waals surface area contributed by atoms with E-state index < -0.39 is 0 Å².